The normalized spacial score (nSPS) is 22.0. The van der Waals surface area contributed by atoms with Crippen LogP contribution in [0.1, 0.15) is 30.0 Å². The molecule has 0 aromatic heterocycles. The highest BCUT2D eigenvalue weighted by atomic mass is 79.9. The van der Waals surface area contributed by atoms with Crippen molar-refractivity contribution >= 4 is 15.9 Å². The van der Waals surface area contributed by atoms with Gasteiger partial charge in [0, 0.05) is 23.6 Å². The zero-order valence-corrected chi connectivity index (χ0v) is 14.9. The Morgan fingerprint density at radius 3 is 2.57 bits per heavy atom. The number of rotatable bonds is 4. The Kier molecular flexibility index (Phi) is 5.36. The summed E-state index contributed by atoms with van der Waals surface area (Å²) in [5, 5.41) is 10.1. The molecule has 1 N–H and O–H groups in total. The predicted molar refractivity (Wildman–Crippen MR) is 95.5 cm³/mol. The lowest BCUT2D eigenvalue weighted by Gasteiger charge is -2.38. The largest absolute Gasteiger partial charge is 0.497 e. The smallest absolute Gasteiger partial charge is 0.118 e. The van der Waals surface area contributed by atoms with Gasteiger partial charge in [0.2, 0.25) is 0 Å². The molecule has 2 unspecified atom stereocenters. The van der Waals surface area contributed by atoms with Gasteiger partial charge in [0.25, 0.3) is 0 Å². The number of ether oxygens (including phenoxy) is 1. The van der Waals surface area contributed by atoms with Crippen LogP contribution in [0.2, 0.25) is 0 Å². The van der Waals surface area contributed by atoms with Gasteiger partial charge in [-0.15, -0.1) is 0 Å². The van der Waals surface area contributed by atoms with Crippen LogP contribution in [0.5, 0.6) is 5.75 Å². The lowest BCUT2D eigenvalue weighted by molar-refractivity contribution is 0.0294. The van der Waals surface area contributed by atoms with Crippen LogP contribution in [0.3, 0.4) is 0 Å². The Morgan fingerprint density at radius 2 is 1.87 bits per heavy atom. The Balaban J connectivity index is 1.82. The lowest BCUT2D eigenvalue weighted by Crippen LogP contribution is -2.40. The highest BCUT2D eigenvalue weighted by molar-refractivity contribution is 9.10. The van der Waals surface area contributed by atoms with E-state index < -0.39 is 0 Å². The number of aliphatic hydroxyl groups is 1. The molecule has 122 valence electrons. The summed E-state index contributed by atoms with van der Waals surface area (Å²) in [6, 6.07) is 16.9. The monoisotopic (exact) mass is 375 g/mol. The Morgan fingerprint density at radius 1 is 1.13 bits per heavy atom. The van der Waals surface area contributed by atoms with Crippen LogP contribution in [0.4, 0.5) is 0 Å². The Labute approximate surface area is 146 Å². The molecule has 0 aliphatic carbocycles. The van der Waals surface area contributed by atoms with Crippen molar-refractivity contribution in [1.29, 1.82) is 0 Å². The third-order valence-corrected chi connectivity index (χ3v) is 5.19. The standard InChI is InChI=1S/C19H22BrNO2/c1-23-16-9-6-14(7-10-16)12-21-13-15(22)8-11-19(21)17-4-2-3-5-18(17)20/h2-7,9-10,15,19,22H,8,11-13H2,1H3. The summed E-state index contributed by atoms with van der Waals surface area (Å²) < 4.78 is 6.36. The molecule has 1 aliphatic rings. The molecule has 1 heterocycles. The zero-order chi connectivity index (χ0) is 16.2. The average molecular weight is 376 g/mol. The van der Waals surface area contributed by atoms with Gasteiger partial charge in [0.05, 0.1) is 13.2 Å². The molecule has 1 saturated heterocycles. The second-order valence-corrected chi connectivity index (χ2v) is 6.90. The molecule has 23 heavy (non-hydrogen) atoms. The summed E-state index contributed by atoms with van der Waals surface area (Å²) in [5.41, 5.74) is 2.53. The van der Waals surface area contributed by atoms with Crippen LogP contribution in [0.25, 0.3) is 0 Å². The summed E-state index contributed by atoms with van der Waals surface area (Å²) in [5.74, 6) is 0.870. The maximum Gasteiger partial charge on any atom is 0.118 e. The number of hydrogen-bond donors (Lipinski definition) is 1. The van der Waals surface area contributed by atoms with E-state index in [2.05, 4.69) is 51.2 Å². The first-order chi connectivity index (χ1) is 11.2. The van der Waals surface area contributed by atoms with Crippen molar-refractivity contribution in [2.24, 2.45) is 0 Å². The van der Waals surface area contributed by atoms with Gasteiger partial charge < -0.3 is 9.84 Å². The van der Waals surface area contributed by atoms with Gasteiger partial charge >= 0.3 is 0 Å². The molecule has 0 amide bonds. The fourth-order valence-electron chi connectivity index (χ4n) is 3.26. The SMILES string of the molecule is COc1ccc(CN2CC(O)CCC2c2ccccc2Br)cc1. The van der Waals surface area contributed by atoms with Gasteiger partial charge in [-0.25, -0.2) is 0 Å². The van der Waals surface area contributed by atoms with E-state index in [1.165, 1.54) is 11.1 Å². The van der Waals surface area contributed by atoms with E-state index in [9.17, 15) is 5.11 Å². The maximum absolute atomic E-state index is 10.1. The van der Waals surface area contributed by atoms with Crippen LogP contribution in [0, 0.1) is 0 Å². The van der Waals surface area contributed by atoms with Crippen molar-refractivity contribution in [3.8, 4) is 5.75 Å². The van der Waals surface area contributed by atoms with Crippen LogP contribution < -0.4 is 4.74 Å². The van der Waals surface area contributed by atoms with Crippen LogP contribution in [0.15, 0.2) is 53.0 Å². The first-order valence-electron chi connectivity index (χ1n) is 7.97. The fraction of sp³-hybridized carbons (Fsp3) is 0.368. The Bertz CT molecular complexity index is 644. The number of nitrogens with zero attached hydrogens (tertiary/aromatic N) is 1. The second-order valence-electron chi connectivity index (χ2n) is 6.05. The number of methoxy groups -OCH3 is 1. The number of likely N-dealkylation sites (tertiary alicyclic amines) is 1. The maximum atomic E-state index is 10.1. The van der Waals surface area contributed by atoms with Gasteiger partial charge in [-0.05, 0) is 42.2 Å². The summed E-state index contributed by atoms with van der Waals surface area (Å²) >= 11 is 3.67. The first-order valence-corrected chi connectivity index (χ1v) is 8.76. The summed E-state index contributed by atoms with van der Waals surface area (Å²) in [6.07, 6.45) is 1.58. The molecule has 2 aromatic rings. The summed E-state index contributed by atoms with van der Waals surface area (Å²) in [4.78, 5) is 2.37. The average Bonchev–Trinajstić information content (AvgIpc) is 2.57. The molecule has 3 nitrogen and oxygen atoms in total. The van der Waals surface area contributed by atoms with Crippen LogP contribution in [-0.4, -0.2) is 29.8 Å². The van der Waals surface area contributed by atoms with E-state index in [0.717, 1.165) is 29.6 Å². The van der Waals surface area contributed by atoms with Gasteiger partial charge in [-0.2, -0.15) is 0 Å². The van der Waals surface area contributed by atoms with Crippen molar-refractivity contribution < 1.29 is 9.84 Å². The highest BCUT2D eigenvalue weighted by Gasteiger charge is 2.29. The third kappa shape index (κ3) is 3.94. The van der Waals surface area contributed by atoms with Crippen molar-refractivity contribution in [3.63, 3.8) is 0 Å². The fourth-order valence-corrected chi connectivity index (χ4v) is 3.81. The predicted octanol–water partition coefficient (Wildman–Crippen LogP) is 4.16. The number of benzene rings is 2. The van der Waals surface area contributed by atoms with Gasteiger partial charge in [0.15, 0.2) is 0 Å². The van der Waals surface area contributed by atoms with Crippen molar-refractivity contribution in [3.05, 3.63) is 64.1 Å². The molecule has 4 heteroatoms. The minimum atomic E-state index is -0.244. The third-order valence-electron chi connectivity index (χ3n) is 4.47. The molecule has 2 aromatic carbocycles. The quantitative estimate of drug-likeness (QED) is 0.870. The number of piperidine rings is 1. The molecule has 0 bridgehead atoms. The molecule has 3 rings (SSSR count). The molecule has 2 atom stereocenters. The van der Waals surface area contributed by atoms with E-state index in [0.29, 0.717) is 12.6 Å². The summed E-state index contributed by atoms with van der Waals surface area (Å²) in [7, 11) is 1.68. The molecule has 0 spiro atoms. The zero-order valence-electron chi connectivity index (χ0n) is 13.3. The van der Waals surface area contributed by atoms with Crippen molar-refractivity contribution in [2.45, 2.75) is 31.5 Å². The molecular formula is C19H22BrNO2. The molecule has 1 aliphatic heterocycles. The van der Waals surface area contributed by atoms with E-state index >= 15 is 0 Å². The van der Waals surface area contributed by atoms with Gasteiger partial charge in [-0.1, -0.05) is 46.3 Å². The number of hydrogen-bond acceptors (Lipinski definition) is 3. The summed E-state index contributed by atoms with van der Waals surface area (Å²) in [6.45, 7) is 1.53. The van der Waals surface area contributed by atoms with E-state index in [4.69, 9.17) is 4.74 Å². The van der Waals surface area contributed by atoms with Gasteiger partial charge in [0.1, 0.15) is 5.75 Å². The molecular weight excluding hydrogens is 354 g/mol. The first kappa shape index (κ1) is 16.5. The minimum Gasteiger partial charge on any atom is -0.497 e. The lowest BCUT2D eigenvalue weighted by atomic mass is 9.93. The molecule has 0 radical (unpaired) electrons. The minimum absolute atomic E-state index is 0.244. The second kappa shape index (κ2) is 7.47. The van der Waals surface area contributed by atoms with Crippen LogP contribution >= 0.6 is 15.9 Å². The van der Waals surface area contributed by atoms with E-state index in [-0.39, 0.29) is 6.10 Å². The molecule has 1 fully saturated rings. The topological polar surface area (TPSA) is 32.7 Å². The number of β-amino-alcohol motifs (C(OH)–C–C–N with tert-alkyl or cyclic N) is 1. The van der Waals surface area contributed by atoms with E-state index in [1.807, 2.05) is 18.2 Å². The van der Waals surface area contributed by atoms with Crippen molar-refractivity contribution in [2.75, 3.05) is 13.7 Å². The highest BCUT2D eigenvalue weighted by Crippen LogP contribution is 2.36. The number of aliphatic hydroxyl groups excluding tert-OH is 1. The van der Waals surface area contributed by atoms with Gasteiger partial charge in [-0.3, -0.25) is 4.90 Å². The van der Waals surface area contributed by atoms with Crippen LogP contribution in [-0.2, 0) is 6.54 Å². The molecule has 0 saturated carbocycles. The number of halogens is 1. The Hall–Kier alpha value is -1.36. The van der Waals surface area contributed by atoms with E-state index in [1.54, 1.807) is 7.11 Å². The van der Waals surface area contributed by atoms with Crippen molar-refractivity contribution in [1.82, 2.24) is 4.90 Å².